The zero-order valence-corrected chi connectivity index (χ0v) is 7.58. The lowest BCUT2D eigenvalue weighted by atomic mass is 10.3. The molecule has 0 aliphatic carbocycles. The van der Waals surface area contributed by atoms with Gasteiger partial charge in [0.05, 0.1) is 12.2 Å². The minimum Gasteiger partial charge on any atom is -0.315 e. The van der Waals surface area contributed by atoms with Crippen LogP contribution in [0.5, 0.6) is 0 Å². The van der Waals surface area contributed by atoms with Crippen LogP contribution in [0.3, 0.4) is 0 Å². The molecule has 1 saturated heterocycles. The Morgan fingerprint density at radius 2 is 2.64 bits per heavy atom. The summed E-state index contributed by atoms with van der Waals surface area (Å²) >= 11 is 3.26. The fourth-order valence-corrected chi connectivity index (χ4v) is 1.58. The second-order valence-electron chi connectivity index (χ2n) is 2.67. The highest BCUT2D eigenvalue weighted by molar-refractivity contribution is 9.10. The van der Waals surface area contributed by atoms with Gasteiger partial charge in [-0.2, -0.15) is 0 Å². The molecule has 1 fully saturated rings. The van der Waals surface area contributed by atoms with Gasteiger partial charge >= 0.3 is 0 Å². The summed E-state index contributed by atoms with van der Waals surface area (Å²) in [4.78, 5) is 0. The predicted octanol–water partition coefficient (Wildman–Crippen LogP) is 0.575. The summed E-state index contributed by atoms with van der Waals surface area (Å²) in [5.41, 5.74) is 0. The van der Waals surface area contributed by atoms with Crippen molar-refractivity contribution in [3.05, 3.63) is 10.8 Å². The molecule has 60 valence electrons. The highest BCUT2D eigenvalue weighted by Crippen LogP contribution is 2.14. The lowest BCUT2D eigenvalue weighted by Crippen LogP contribution is -2.13. The average Bonchev–Trinajstić information content (AvgIpc) is 2.55. The van der Waals surface area contributed by atoms with E-state index in [1.54, 1.807) is 0 Å². The van der Waals surface area contributed by atoms with Gasteiger partial charge in [0.15, 0.2) is 0 Å². The monoisotopic (exact) mass is 216 g/mol. The van der Waals surface area contributed by atoms with Crippen molar-refractivity contribution in [2.75, 3.05) is 13.1 Å². The van der Waals surface area contributed by atoms with E-state index < -0.39 is 0 Å². The SMILES string of the molecule is Brc1cn(C2CCNC2)nn1. The molecule has 0 saturated carbocycles. The first-order valence-electron chi connectivity index (χ1n) is 3.64. The van der Waals surface area contributed by atoms with Crippen LogP contribution in [0.25, 0.3) is 0 Å². The number of rotatable bonds is 1. The lowest BCUT2D eigenvalue weighted by Gasteiger charge is -2.05. The van der Waals surface area contributed by atoms with Crippen LogP contribution in [-0.4, -0.2) is 28.1 Å². The van der Waals surface area contributed by atoms with Crippen LogP contribution < -0.4 is 5.32 Å². The first kappa shape index (κ1) is 7.24. The van der Waals surface area contributed by atoms with Gasteiger partial charge in [-0.1, -0.05) is 5.21 Å². The van der Waals surface area contributed by atoms with Crippen molar-refractivity contribution in [2.45, 2.75) is 12.5 Å². The third kappa shape index (κ3) is 1.44. The highest BCUT2D eigenvalue weighted by Gasteiger charge is 2.16. The Morgan fingerprint density at radius 1 is 1.73 bits per heavy atom. The maximum absolute atomic E-state index is 3.98. The molecule has 1 aliphatic heterocycles. The maximum atomic E-state index is 3.98. The van der Waals surface area contributed by atoms with Crippen molar-refractivity contribution in [1.82, 2.24) is 20.3 Å². The number of aromatic nitrogens is 3. The van der Waals surface area contributed by atoms with Gasteiger partial charge in [0.1, 0.15) is 4.60 Å². The van der Waals surface area contributed by atoms with Crippen LogP contribution in [0.4, 0.5) is 0 Å². The van der Waals surface area contributed by atoms with Gasteiger partial charge in [-0.3, -0.25) is 0 Å². The van der Waals surface area contributed by atoms with E-state index in [1.165, 1.54) is 0 Å². The molecule has 1 N–H and O–H groups in total. The van der Waals surface area contributed by atoms with E-state index in [1.807, 2.05) is 10.9 Å². The Morgan fingerprint density at radius 3 is 3.18 bits per heavy atom. The van der Waals surface area contributed by atoms with E-state index >= 15 is 0 Å². The fourth-order valence-electron chi connectivity index (χ4n) is 1.30. The molecule has 0 radical (unpaired) electrons. The van der Waals surface area contributed by atoms with Crippen LogP contribution >= 0.6 is 15.9 Å². The summed E-state index contributed by atoms with van der Waals surface area (Å²) in [5, 5.41) is 11.1. The molecule has 1 aliphatic rings. The zero-order valence-electron chi connectivity index (χ0n) is 6.00. The number of nitrogens with zero attached hydrogens (tertiary/aromatic N) is 3. The number of nitrogens with one attached hydrogen (secondary N) is 1. The number of hydrogen-bond acceptors (Lipinski definition) is 3. The van der Waals surface area contributed by atoms with Gasteiger partial charge in [-0.05, 0) is 28.9 Å². The molecule has 0 aromatic carbocycles. The van der Waals surface area contributed by atoms with Crippen molar-refractivity contribution in [1.29, 1.82) is 0 Å². The quantitative estimate of drug-likeness (QED) is 0.747. The lowest BCUT2D eigenvalue weighted by molar-refractivity contribution is 0.476. The third-order valence-corrected chi connectivity index (χ3v) is 2.25. The van der Waals surface area contributed by atoms with Crippen molar-refractivity contribution < 1.29 is 0 Å². The van der Waals surface area contributed by atoms with Gasteiger partial charge in [-0.15, -0.1) is 5.10 Å². The Bertz CT molecular complexity index is 240. The smallest absolute Gasteiger partial charge is 0.148 e. The average molecular weight is 217 g/mol. The molecule has 0 amide bonds. The Balaban J connectivity index is 2.15. The molecular weight excluding hydrogens is 208 g/mol. The van der Waals surface area contributed by atoms with E-state index in [4.69, 9.17) is 0 Å². The first-order chi connectivity index (χ1) is 5.36. The molecule has 11 heavy (non-hydrogen) atoms. The second-order valence-corrected chi connectivity index (χ2v) is 3.48. The second kappa shape index (κ2) is 2.91. The van der Waals surface area contributed by atoms with Gasteiger partial charge in [0, 0.05) is 6.54 Å². The maximum Gasteiger partial charge on any atom is 0.148 e. The summed E-state index contributed by atoms with van der Waals surface area (Å²) in [6, 6.07) is 0.494. The molecular formula is C6H9BrN4. The van der Waals surface area contributed by atoms with Gasteiger partial charge in [0.25, 0.3) is 0 Å². The fraction of sp³-hybridized carbons (Fsp3) is 0.667. The van der Waals surface area contributed by atoms with E-state index in [2.05, 4.69) is 31.6 Å². The summed E-state index contributed by atoms with van der Waals surface area (Å²) in [5.74, 6) is 0. The molecule has 4 nitrogen and oxygen atoms in total. The molecule has 2 rings (SSSR count). The van der Waals surface area contributed by atoms with Gasteiger partial charge in [-0.25, -0.2) is 4.68 Å². The van der Waals surface area contributed by atoms with Crippen molar-refractivity contribution in [2.24, 2.45) is 0 Å². The van der Waals surface area contributed by atoms with Crippen LogP contribution in [0.2, 0.25) is 0 Å². The van der Waals surface area contributed by atoms with E-state index in [0.717, 1.165) is 24.1 Å². The summed E-state index contributed by atoms with van der Waals surface area (Å²) in [7, 11) is 0. The molecule has 1 aromatic rings. The minimum atomic E-state index is 0.494. The molecule has 1 aromatic heterocycles. The van der Waals surface area contributed by atoms with Crippen LogP contribution in [0, 0.1) is 0 Å². The minimum absolute atomic E-state index is 0.494. The third-order valence-electron chi connectivity index (χ3n) is 1.89. The molecule has 0 bridgehead atoms. The zero-order chi connectivity index (χ0) is 7.68. The molecule has 5 heteroatoms. The van der Waals surface area contributed by atoms with Gasteiger partial charge in [0.2, 0.25) is 0 Å². The molecule has 0 spiro atoms. The van der Waals surface area contributed by atoms with E-state index in [0.29, 0.717) is 6.04 Å². The van der Waals surface area contributed by atoms with Crippen molar-refractivity contribution >= 4 is 15.9 Å². The van der Waals surface area contributed by atoms with Crippen molar-refractivity contribution in [3.63, 3.8) is 0 Å². The van der Waals surface area contributed by atoms with Gasteiger partial charge < -0.3 is 5.32 Å². The van der Waals surface area contributed by atoms with Crippen molar-refractivity contribution in [3.8, 4) is 0 Å². The standard InChI is InChI=1S/C6H9BrN4/c7-6-4-11(10-9-6)5-1-2-8-3-5/h4-5,8H,1-3H2. The topological polar surface area (TPSA) is 42.7 Å². The summed E-state index contributed by atoms with van der Waals surface area (Å²) < 4.78 is 2.72. The highest BCUT2D eigenvalue weighted by atomic mass is 79.9. The van der Waals surface area contributed by atoms with E-state index in [9.17, 15) is 0 Å². The number of halogens is 1. The first-order valence-corrected chi connectivity index (χ1v) is 4.43. The number of hydrogen-bond donors (Lipinski definition) is 1. The summed E-state index contributed by atoms with van der Waals surface area (Å²) in [6.07, 6.45) is 3.06. The Labute approximate surface area is 73.1 Å². The molecule has 1 unspecified atom stereocenters. The normalized spacial score (nSPS) is 24.3. The Kier molecular flexibility index (Phi) is 1.91. The Hall–Kier alpha value is -0.420. The molecule has 2 heterocycles. The predicted molar refractivity (Wildman–Crippen MR) is 44.2 cm³/mol. The largest absolute Gasteiger partial charge is 0.315 e. The van der Waals surface area contributed by atoms with Crippen LogP contribution in [-0.2, 0) is 0 Å². The van der Waals surface area contributed by atoms with Crippen LogP contribution in [0.15, 0.2) is 10.8 Å². The van der Waals surface area contributed by atoms with Crippen LogP contribution in [0.1, 0.15) is 12.5 Å². The van der Waals surface area contributed by atoms with E-state index in [-0.39, 0.29) is 0 Å². The summed E-state index contributed by atoms with van der Waals surface area (Å²) in [6.45, 7) is 2.10. The molecule has 1 atom stereocenters.